The van der Waals surface area contributed by atoms with Crippen LogP contribution in [-0.4, -0.2) is 37.0 Å². The molecule has 0 radical (unpaired) electrons. The van der Waals surface area contributed by atoms with Crippen molar-refractivity contribution in [2.75, 3.05) is 30.4 Å². The van der Waals surface area contributed by atoms with Gasteiger partial charge in [0.15, 0.2) is 5.75 Å². The number of nitro benzene ring substituents is 1. The number of nitrogens with one attached hydrogen (secondary N) is 1. The molecule has 0 saturated heterocycles. The molecule has 2 aromatic rings. The van der Waals surface area contributed by atoms with Crippen molar-refractivity contribution in [2.24, 2.45) is 0 Å². The SMILES string of the molecule is COc1ccc([N+](=O)[O-])cc1NC(=O)CN1CC(=O)Oc2ccccc21. The lowest BCUT2D eigenvalue weighted by Crippen LogP contribution is -2.41. The molecule has 2 aromatic carbocycles. The van der Waals surface area contributed by atoms with Gasteiger partial charge in [-0.25, -0.2) is 4.79 Å². The lowest BCUT2D eigenvalue weighted by atomic mass is 10.2. The summed E-state index contributed by atoms with van der Waals surface area (Å²) in [7, 11) is 1.40. The Hall–Kier alpha value is -3.62. The van der Waals surface area contributed by atoms with Crippen molar-refractivity contribution in [1.82, 2.24) is 0 Å². The van der Waals surface area contributed by atoms with Gasteiger partial charge in [-0.3, -0.25) is 14.9 Å². The first kappa shape index (κ1) is 17.2. The molecule has 1 aliphatic heterocycles. The minimum atomic E-state index is -0.564. The van der Waals surface area contributed by atoms with Crippen molar-refractivity contribution in [1.29, 1.82) is 0 Å². The topological polar surface area (TPSA) is 111 Å². The van der Waals surface area contributed by atoms with Crippen molar-refractivity contribution >= 4 is 28.9 Å². The van der Waals surface area contributed by atoms with Crippen LogP contribution in [0.5, 0.6) is 11.5 Å². The van der Waals surface area contributed by atoms with E-state index in [-0.39, 0.29) is 24.5 Å². The van der Waals surface area contributed by atoms with E-state index in [1.807, 2.05) is 0 Å². The summed E-state index contributed by atoms with van der Waals surface area (Å²) in [6.45, 7) is -0.200. The number of benzene rings is 2. The summed E-state index contributed by atoms with van der Waals surface area (Å²) >= 11 is 0. The van der Waals surface area contributed by atoms with Gasteiger partial charge in [0, 0.05) is 12.1 Å². The van der Waals surface area contributed by atoms with E-state index in [4.69, 9.17) is 9.47 Å². The summed E-state index contributed by atoms with van der Waals surface area (Å²) in [6, 6.07) is 10.8. The van der Waals surface area contributed by atoms with Crippen molar-refractivity contribution in [3.8, 4) is 11.5 Å². The molecule has 9 nitrogen and oxygen atoms in total. The number of carbonyl (C=O) groups excluding carboxylic acids is 2. The normalized spacial score (nSPS) is 12.8. The van der Waals surface area contributed by atoms with E-state index >= 15 is 0 Å². The second-order valence-electron chi connectivity index (χ2n) is 5.49. The highest BCUT2D eigenvalue weighted by atomic mass is 16.6. The summed E-state index contributed by atoms with van der Waals surface area (Å²) in [4.78, 5) is 36.0. The average molecular weight is 357 g/mol. The molecule has 26 heavy (non-hydrogen) atoms. The van der Waals surface area contributed by atoms with E-state index in [2.05, 4.69) is 5.32 Å². The largest absolute Gasteiger partial charge is 0.495 e. The first-order chi connectivity index (χ1) is 12.5. The lowest BCUT2D eigenvalue weighted by molar-refractivity contribution is -0.384. The zero-order chi connectivity index (χ0) is 18.7. The number of fused-ring (bicyclic) bond motifs is 1. The van der Waals surface area contributed by atoms with E-state index in [9.17, 15) is 19.7 Å². The van der Waals surface area contributed by atoms with Crippen LogP contribution in [0.4, 0.5) is 17.1 Å². The number of para-hydroxylation sites is 2. The summed E-state index contributed by atoms with van der Waals surface area (Å²) in [5.74, 6) is -0.246. The number of nitro groups is 1. The highest BCUT2D eigenvalue weighted by Gasteiger charge is 2.25. The molecule has 1 N–H and O–H groups in total. The number of esters is 1. The van der Waals surface area contributed by atoms with Gasteiger partial charge in [0.25, 0.3) is 5.69 Å². The maximum atomic E-state index is 12.4. The smallest absolute Gasteiger partial charge is 0.331 e. The number of rotatable bonds is 5. The highest BCUT2D eigenvalue weighted by molar-refractivity contribution is 5.97. The summed E-state index contributed by atoms with van der Waals surface area (Å²) in [5, 5.41) is 13.5. The molecule has 1 amide bonds. The minimum Gasteiger partial charge on any atom is -0.495 e. The van der Waals surface area contributed by atoms with Crippen molar-refractivity contribution in [3.63, 3.8) is 0 Å². The number of ether oxygens (including phenoxy) is 2. The highest BCUT2D eigenvalue weighted by Crippen LogP contribution is 2.32. The molecule has 9 heteroatoms. The van der Waals surface area contributed by atoms with Crippen LogP contribution in [0.1, 0.15) is 0 Å². The van der Waals surface area contributed by atoms with Crippen LogP contribution >= 0.6 is 0 Å². The lowest BCUT2D eigenvalue weighted by Gasteiger charge is -2.29. The number of anilines is 2. The van der Waals surface area contributed by atoms with E-state index < -0.39 is 16.8 Å². The second kappa shape index (κ2) is 7.09. The van der Waals surface area contributed by atoms with Crippen LogP contribution in [0.25, 0.3) is 0 Å². The number of amides is 1. The fourth-order valence-corrected chi connectivity index (χ4v) is 2.61. The second-order valence-corrected chi connectivity index (χ2v) is 5.49. The Kier molecular flexibility index (Phi) is 4.70. The van der Waals surface area contributed by atoms with Crippen LogP contribution in [0.3, 0.4) is 0 Å². The molecule has 0 atom stereocenters. The predicted octanol–water partition coefficient (Wildman–Crippen LogP) is 1.97. The fourth-order valence-electron chi connectivity index (χ4n) is 2.61. The zero-order valence-corrected chi connectivity index (χ0v) is 13.8. The van der Waals surface area contributed by atoms with Crippen LogP contribution in [0.15, 0.2) is 42.5 Å². The Morgan fingerprint density at radius 1 is 1.35 bits per heavy atom. The Bertz CT molecular complexity index is 883. The van der Waals surface area contributed by atoms with Gasteiger partial charge in [-0.1, -0.05) is 12.1 Å². The Morgan fingerprint density at radius 2 is 2.12 bits per heavy atom. The number of non-ortho nitro benzene ring substituents is 1. The van der Waals surface area contributed by atoms with Crippen LogP contribution in [-0.2, 0) is 9.59 Å². The van der Waals surface area contributed by atoms with E-state index in [1.54, 1.807) is 29.2 Å². The summed E-state index contributed by atoms with van der Waals surface area (Å²) < 4.78 is 10.3. The van der Waals surface area contributed by atoms with E-state index in [0.29, 0.717) is 17.2 Å². The predicted molar refractivity (Wildman–Crippen MR) is 92.6 cm³/mol. The maximum Gasteiger partial charge on any atom is 0.331 e. The van der Waals surface area contributed by atoms with Crippen molar-refractivity contribution < 1.29 is 24.0 Å². The van der Waals surface area contributed by atoms with Crippen molar-refractivity contribution in [3.05, 3.63) is 52.6 Å². The molecule has 134 valence electrons. The minimum absolute atomic E-state index is 0.0729. The first-order valence-electron chi connectivity index (χ1n) is 7.65. The molecule has 0 fully saturated rings. The summed E-state index contributed by atoms with van der Waals surface area (Å²) in [6.07, 6.45) is 0. The first-order valence-corrected chi connectivity index (χ1v) is 7.65. The van der Waals surface area contributed by atoms with Gasteiger partial charge in [0.2, 0.25) is 5.91 Å². The molecular formula is C17H15N3O6. The van der Waals surface area contributed by atoms with Crippen molar-refractivity contribution in [2.45, 2.75) is 0 Å². The zero-order valence-electron chi connectivity index (χ0n) is 13.8. The van der Waals surface area contributed by atoms with Crippen LogP contribution in [0, 0.1) is 10.1 Å². The molecular weight excluding hydrogens is 342 g/mol. The Labute approximate surface area is 148 Å². The number of methoxy groups -OCH3 is 1. The third kappa shape index (κ3) is 3.56. The number of carbonyl (C=O) groups is 2. The van der Waals surface area contributed by atoms with Gasteiger partial charge in [0.05, 0.1) is 30.0 Å². The van der Waals surface area contributed by atoms with E-state index in [0.717, 1.165) is 0 Å². The molecule has 0 aromatic heterocycles. The number of hydrogen-bond donors (Lipinski definition) is 1. The fraction of sp³-hybridized carbons (Fsp3) is 0.176. The van der Waals surface area contributed by atoms with Crippen LogP contribution < -0.4 is 19.7 Å². The molecule has 0 saturated carbocycles. The average Bonchev–Trinajstić information content (AvgIpc) is 2.61. The molecule has 0 bridgehead atoms. The van der Waals surface area contributed by atoms with Gasteiger partial charge in [-0.15, -0.1) is 0 Å². The van der Waals surface area contributed by atoms with Crippen LogP contribution in [0.2, 0.25) is 0 Å². The quantitative estimate of drug-likeness (QED) is 0.377. The third-order valence-electron chi connectivity index (χ3n) is 3.75. The van der Waals surface area contributed by atoms with E-state index in [1.165, 1.54) is 25.3 Å². The molecule has 0 unspecified atom stereocenters. The third-order valence-corrected chi connectivity index (χ3v) is 3.75. The van der Waals surface area contributed by atoms with Gasteiger partial charge in [-0.2, -0.15) is 0 Å². The Morgan fingerprint density at radius 3 is 2.85 bits per heavy atom. The Balaban J connectivity index is 1.79. The maximum absolute atomic E-state index is 12.4. The molecule has 0 spiro atoms. The molecule has 1 heterocycles. The monoisotopic (exact) mass is 357 g/mol. The van der Waals surface area contributed by atoms with Gasteiger partial charge < -0.3 is 19.7 Å². The standard InChI is InChI=1S/C17H15N3O6/c1-25-14-7-6-11(20(23)24)8-12(14)18-16(21)9-19-10-17(22)26-15-5-3-2-4-13(15)19/h2-8H,9-10H2,1H3,(H,18,21). The molecule has 3 rings (SSSR count). The molecule has 0 aliphatic carbocycles. The van der Waals surface area contributed by atoms with Gasteiger partial charge in [-0.05, 0) is 18.2 Å². The summed E-state index contributed by atoms with van der Waals surface area (Å²) in [5.41, 5.74) is 0.626. The number of nitrogens with zero attached hydrogens (tertiary/aromatic N) is 2. The van der Waals surface area contributed by atoms with Gasteiger partial charge in [0.1, 0.15) is 12.3 Å². The molecule has 1 aliphatic rings. The number of hydrogen-bond acceptors (Lipinski definition) is 7. The van der Waals surface area contributed by atoms with Gasteiger partial charge >= 0.3 is 5.97 Å².